The number of nitrogens with zero attached hydrogens (tertiary/aromatic N) is 4. The van der Waals surface area contributed by atoms with E-state index in [1.165, 1.54) is 18.6 Å². The molecule has 0 bridgehead atoms. The second-order valence-corrected chi connectivity index (χ2v) is 4.97. The predicted molar refractivity (Wildman–Crippen MR) is 84.2 cm³/mol. The summed E-state index contributed by atoms with van der Waals surface area (Å²) in [4.78, 5) is 24.2. The first kappa shape index (κ1) is 15.6. The van der Waals surface area contributed by atoms with E-state index in [1.54, 1.807) is 14.0 Å². The summed E-state index contributed by atoms with van der Waals surface area (Å²) in [6.07, 6.45) is 4.34. The molecule has 3 aromatic rings. The summed E-state index contributed by atoms with van der Waals surface area (Å²) >= 11 is 0. The quantitative estimate of drug-likeness (QED) is 0.765. The Balaban J connectivity index is 1.71. The van der Waals surface area contributed by atoms with Gasteiger partial charge < -0.3 is 14.6 Å². The third-order valence-electron chi connectivity index (χ3n) is 3.30. The second kappa shape index (κ2) is 6.86. The number of amides is 1. The molecule has 8 heteroatoms. The average molecular weight is 325 g/mol. The lowest BCUT2D eigenvalue weighted by Gasteiger charge is -2.08. The van der Waals surface area contributed by atoms with Gasteiger partial charge in [0.2, 0.25) is 11.7 Å². The van der Waals surface area contributed by atoms with E-state index in [4.69, 9.17) is 9.26 Å². The fraction of sp³-hybridized carbons (Fsp3) is 0.188. The Morgan fingerprint density at radius 2 is 2.04 bits per heavy atom. The van der Waals surface area contributed by atoms with E-state index >= 15 is 0 Å². The van der Waals surface area contributed by atoms with Gasteiger partial charge in [-0.15, -0.1) is 0 Å². The van der Waals surface area contributed by atoms with Crippen LogP contribution in [-0.4, -0.2) is 33.1 Å². The van der Waals surface area contributed by atoms with Gasteiger partial charge in [-0.25, -0.2) is 4.98 Å². The van der Waals surface area contributed by atoms with E-state index < -0.39 is 6.04 Å². The highest BCUT2D eigenvalue weighted by molar-refractivity contribution is 5.92. The Labute approximate surface area is 137 Å². The summed E-state index contributed by atoms with van der Waals surface area (Å²) in [6, 6.07) is 6.82. The molecule has 24 heavy (non-hydrogen) atoms. The van der Waals surface area contributed by atoms with Gasteiger partial charge in [-0.05, 0) is 31.2 Å². The molecule has 1 aromatic carbocycles. The van der Waals surface area contributed by atoms with Crippen LogP contribution in [0, 0.1) is 0 Å². The van der Waals surface area contributed by atoms with Crippen LogP contribution in [0.2, 0.25) is 0 Å². The van der Waals surface area contributed by atoms with Gasteiger partial charge in [0.15, 0.2) is 0 Å². The molecule has 0 aliphatic carbocycles. The van der Waals surface area contributed by atoms with Crippen LogP contribution in [0.1, 0.15) is 29.3 Å². The number of ether oxygens (including phenoxy) is 1. The molecule has 0 saturated carbocycles. The van der Waals surface area contributed by atoms with Crippen molar-refractivity contribution in [3.8, 4) is 17.1 Å². The van der Waals surface area contributed by atoms with Crippen LogP contribution in [0.5, 0.6) is 5.75 Å². The molecule has 0 radical (unpaired) electrons. The van der Waals surface area contributed by atoms with Crippen LogP contribution >= 0.6 is 0 Å². The Hall–Kier alpha value is -3.29. The summed E-state index contributed by atoms with van der Waals surface area (Å²) in [5.74, 6) is 1.12. The normalized spacial score (nSPS) is 11.8. The minimum Gasteiger partial charge on any atom is -0.497 e. The maximum absolute atomic E-state index is 12.1. The van der Waals surface area contributed by atoms with Crippen molar-refractivity contribution in [1.82, 2.24) is 25.4 Å². The lowest BCUT2D eigenvalue weighted by molar-refractivity contribution is 0.0927. The van der Waals surface area contributed by atoms with Crippen molar-refractivity contribution in [3.05, 3.63) is 54.4 Å². The van der Waals surface area contributed by atoms with Gasteiger partial charge in [0.1, 0.15) is 17.5 Å². The van der Waals surface area contributed by atoms with Crippen LogP contribution in [0.4, 0.5) is 0 Å². The first-order valence-corrected chi connectivity index (χ1v) is 7.22. The van der Waals surface area contributed by atoms with Gasteiger partial charge in [0, 0.05) is 18.0 Å². The smallest absolute Gasteiger partial charge is 0.272 e. The maximum atomic E-state index is 12.1. The number of nitrogens with one attached hydrogen (secondary N) is 1. The molecule has 0 saturated heterocycles. The standard InChI is InChI=1S/C16H15N5O3/c1-10(19-15(22)13-9-17-7-8-18-13)16-20-14(21-24-16)11-3-5-12(23-2)6-4-11/h3-10H,1-2H3,(H,19,22)/t10-/m0/s1. The number of aromatic nitrogens is 4. The molecule has 0 aliphatic rings. The zero-order valence-electron chi connectivity index (χ0n) is 13.1. The zero-order chi connectivity index (χ0) is 16.9. The highest BCUT2D eigenvalue weighted by Gasteiger charge is 2.18. The Morgan fingerprint density at radius 1 is 1.25 bits per heavy atom. The van der Waals surface area contributed by atoms with Crippen LogP contribution in [0.15, 0.2) is 47.4 Å². The first-order chi connectivity index (χ1) is 11.7. The van der Waals surface area contributed by atoms with Crippen LogP contribution in [0.25, 0.3) is 11.4 Å². The summed E-state index contributed by atoms with van der Waals surface area (Å²) in [6.45, 7) is 1.75. The fourth-order valence-corrected chi connectivity index (χ4v) is 2.02. The molecular weight excluding hydrogens is 310 g/mol. The van der Waals surface area contributed by atoms with Crippen molar-refractivity contribution >= 4 is 5.91 Å². The molecule has 0 fully saturated rings. The third-order valence-corrected chi connectivity index (χ3v) is 3.30. The molecule has 0 aliphatic heterocycles. The summed E-state index contributed by atoms with van der Waals surface area (Å²) in [5, 5.41) is 6.67. The monoisotopic (exact) mass is 325 g/mol. The highest BCUT2D eigenvalue weighted by atomic mass is 16.5. The Morgan fingerprint density at radius 3 is 2.71 bits per heavy atom. The van der Waals surface area contributed by atoms with E-state index in [0.717, 1.165) is 11.3 Å². The average Bonchev–Trinajstić information content (AvgIpc) is 3.13. The molecule has 0 unspecified atom stereocenters. The van der Waals surface area contributed by atoms with E-state index in [-0.39, 0.29) is 11.6 Å². The molecule has 1 atom stereocenters. The molecule has 2 aromatic heterocycles. The molecule has 2 heterocycles. The fourth-order valence-electron chi connectivity index (χ4n) is 2.02. The van der Waals surface area contributed by atoms with Gasteiger partial charge in [0.25, 0.3) is 5.91 Å². The molecule has 1 N–H and O–H groups in total. The molecular formula is C16H15N5O3. The van der Waals surface area contributed by atoms with Crippen molar-refractivity contribution in [3.63, 3.8) is 0 Å². The minimum absolute atomic E-state index is 0.222. The minimum atomic E-state index is -0.459. The number of hydrogen-bond acceptors (Lipinski definition) is 7. The second-order valence-electron chi connectivity index (χ2n) is 4.97. The molecule has 1 amide bonds. The van der Waals surface area contributed by atoms with E-state index in [0.29, 0.717) is 11.7 Å². The van der Waals surface area contributed by atoms with Gasteiger partial charge in [-0.1, -0.05) is 5.16 Å². The molecule has 3 rings (SSSR count). The molecule has 8 nitrogen and oxygen atoms in total. The number of carbonyl (C=O) groups is 1. The van der Waals surface area contributed by atoms with Crippen molar-refractivity contribution in [2.75, 3.05) is 7.11 Å². The summed E-state index contributed by atoms with van der Waals surface area (Å²) in [5.41, 5.74) is 1.01. The largest absolute Gasteiger partial charge is 0.497 e. The maximum Gasteiger partial charge on any atom is 0.272 e. The van der Waals surface area contributed by atoms with Crippen molar-refractivity contribution < 1.29 is 14.1 Å². The SMILES string of the molecule is COc1ccc(-c2noc([C@H](C)NC(=O)c3cnccn3)n2)cc1. The first-order valence-electron chi connectivity index (χ1n) is 7.22. The van der Waals surface area contributed by atoms with Gasteiger partial charge in [0.05, 0.1) is 13.3 Å². The van der Waals surface area contributed by atoms with E-state index in [9.17, 15) is 4.79 Å². The number of carbonyl (C=O) groups excluding carboxylic acids is 1. The summed E-state index contributed by atoms with van der Waals surface area (Å²) in [7, 11) is 1.60. The predicted octanol–water partition coefficient (Wildman–Crippen LogP) is 2.03. The Kier molecular flexibility index (Phi) is 4.46. The van der Waals surface area contributed by atoms with Gasteiger partial charge in [-0.2, -0.15) is 4.98 Å². The van der Waals surface area contributed by atoms with E-state index in [1.807, 2.05) is 24.3 Å². The lowest BCUT2D eigenvalue weighted by atomic mass is 10.2. The number of hydrogen-bond donors (Lipinski definition) is 1. The van der Waals surface area contributed by atoms with E-state index in [2.05, 4.69) is 25.4 Å². The Bertz CT molecular complexity index is 817. The van der Waals surface area contributed by atoms with Crippen LogP contribution < -0.4 is 10.1 Å². The molecule has 122 valence electrons. The number of rotatable bonds is 5. The van der Waals surface area contributed by atoms with Crippen molar-refractivity contribution in [2.24, 2.45) is 0 Å². The zero-order valence-corrected chi connectivity index (χ0v) is 13.1. The molecule has 0 spiro atoms. The summed E-state index contributed by atoms with van der Waals surface area (Å²) < 4.78 is 10.3. The third kappa shape index (κ3) is 3.37. The van der Waals surface area contributed by atoms with Crippen molar-refractivity contribution in [1.29, 1.82) is 0 Å². The highest BCUT2D eigenvalue weighted by Crippen LogP contribution is 2.21. The van der Waals surface area contributed by atoms with Crippen LogP contribution in [0.3, 0.4) is 0 Å². The van der Waals surface area contributed by atoms with Gasteiger partial charge >= 0.3 is 0 Å². The lowest BCUT2D eigenvalue weighted by Crippen LogP contribution is -2.27. The topological polar surface area (TPSA) is 103 Å². The number of methoxy groups -OCH3 is 1. The van der Waals surface area contributed by atoms with Crippen LogP contribution in [-0.2, 0) is 0 Å². The number of benzene rings is 1. The van der Waals surface area contributed by atoms with Crippen molar-refractivity contribution in [2.45, 2.75) is 13.0 Å². The van der Waals surface area contributed by atoms with Gasteiger partial charge in [-0.3, -0.25) is 9.78 Å².